The van der Waals surface area contributed by atoms with E-state index in [4.69, 9.17) is 37.0 Å². The van der Waals surface area contributed by atoms with Gasteiger partial charge in [0.25, 0.3) is 11.8 Å². The van der Waals surface area contributed by atoms with Crippen LogP contribution in [0.15, 0.2) is 36.4 Å². The maximum absolute atomic E-state index is 12.5. The minimum absolute atomic E-state index is 0.118. The van der Waals surface area contributed by atoms with E-state index in [0.717, 1.165) is 0 Å². The van der Waals surface area contributed by atoms with E-state index >= 15 is 0 Å². The number of nitrogens with two attached hydrogens (primary N) is 1. The first-order valence-electron chi connectivity index (χ1n) is 9.32. The van der Waals surface area contributed by atoms with Gasteiger partial charge in [0.05, 0.1) is 13.7 Å². The van der Waals surface area contributed by atoms with Gasteiger partial charge in [-0.05, 0) is 24.3 Å². The molecule has 166 valence electrons. The Morgan fingerprint density at radius 3 is 2.55 bits per heavy atom. The standard InChI is InChI=1S/C21H25ClN4O5/c1-29-6-5-25-19(27)12-31-18-9-13(20(23)24)3-4-14(18)11-26-21(28)15-7-16(22)10-17(8-15)30-2/h3-4,7-10H,5-6,11-12H2,1-2H3,(H3,23,24)(H,25,27)(H,26,28). The minimum atomic E-state index is -0.361. The summed E-state index contributed by atoms with van der Waals surface area (Å²) in [5.41, 5.74) is 6.93. The average molecular weight is 449 g/mol. The molecule has 2 amide bonds. The molecule has 0 saturated heterocycles. The van der Waals surface area contributed by atoms with Gasteiger partial charge in [0.15, 0.2) is 6.61 Å². The SMILES string of the molecule is COCCNC(=O)COc1cc(C(=N)N)ccc1CNC(=O)c1cc(Cl)cc(OC)c1. The number of hydrogen-bond donors (Lipinski definition) is 4. The van der Waals surface area contributed by atoms with Crippen molar-refractivity contribution in [3.63, 3.8) is 0 Å². The number of carbonyl (C=O) groups excluding carboxylic acids is 2. The number of benzene rings is 2. The maximum atomic E-state index is 12.5. The highest BCUT2D eigenvalue weighted by Crippen LogP contribution is 2.23. The van der Waals surface area contributed by atoms with Crippen molar-refractivity contribution in [1.82, 2.24) is 10.6 Å². The highest BCUT2D eigenvalue weighted by atomic mass is 35.5. The monoisotopic (exact) mass is 448 g/mol. The molecule has 0 unspecified atom stereocenters. The lowest BCUT2D eigenvalue weighted by atomic mass is 10.1. The second-order valence-corrected chi connectivity index (χ2v) is 6.87. The van der Waals surface area contributed by atoms with Gasteiger partial charge in [-0.3, -0.25) is 15.0 Å². The molecule has 0 aliphatic rings. The molecule has 2 aromatic rings. The first-order valence-corrected chi connectivity index (χ1v) is 9.70. The van der Waals surface area contributed by atoms with Crippen molar-refractivity contribution in [1.29, 1.82) is 5.41 Å². The Bertz CT molecular complexity index is 951. The number of rotatable bonds is 11. The van der Waals surface area contributed by atoms with Crippen molar-refractivity contribution in [3.05, 3.63) is 58.1 Å². The quantitative estimate of drug-likeness (QED) is 0.235. The Labute approximate surface area is 185 Å². The van der Waals surface area contributed by atoms with Gasteiger partial charge < -0.3 is 30.6 Å². The molecule has 0 fully saturated rings. The summed E-state index contributed by atoms with van der Waals surface area (Å²) in [7, 11) is 3.02. The minimum Gasteiger partial charge on any atom is -0.497 e. The third-order valence-corrected chi connectivity index (χ3v) is 4.39. The maximum Gasteiger partial charge on any atom is 0.258 e. The highest BCUT2D eigenvalue weighted by molar-refractivity contribution is 6.31. The zero-order chi connectivity index (χ0) is 22.8. The number of nitrogens with one attached hydrogen (secondary N) is 3. The molecule has 0 atom stereocenters. The molecular formula is C21H25ClN4O5. The van der Waals surface area contributed by atoms with E-state index in [9.17, 15) is 9.59 Å². The van der Waals surface area contributed by atoms with E-state index in [-0.39, 0.29) is 30.8 Å². The third kappa shape index (κ3) is 7.47. The number of amidine groups is 1. The van der Waals surface area contributed by atoms with Crippen LogP contribution in [0.4, 0.5) is 0 Å². The van der Waals surface area contributed by atoms with Crippen molar-refractivity contribution < 1.29 is 23.8 Å². The van der Waals surface area contributed by atoms with Crippen LogP contribution < -0.4 is 25.8 Å². The van der Waals surface area contributed by atoms with Gasteiger partial charge in [-0.2, -0.15) is 0 Å². The van der Waals surface area contributed by atoms with Crippen LogP contribution in [0.25, 0.3) is 0 Å². The smallest absolute Gasteiger partial charge is 0.258 e. The van der Waals surface area contributed by atoms with Crippen LogP contribution in [-0.2, 0) is 16.1 Å². The Hall–Kier alpha value is -3.30. The predicted octanol–water partition coefficient (Wildman–Crippen LogP) is 1.70. The molecule has 0 radical (unpaired) electrons. The third-order valence-electron chi connectivity index (χ3n) is 4.17. The molecule has 9 nitrogen and oxygen atoms in total. The number of ether oxygens (including phenoxy) is 3. The number of methoxy groups -OCH3 is 2. The van der Waals surface area contributed by atoms with E-state index in [2.05, 4.69) is 10.6 Å². The topological polar surface area (TPSA) is 136 Å². The molecule has 5 N–H and O–H groups in total. The molecule has 0 aromatic heterocycles. The average Bonchev–Trinajstić information content (AvgIpc) is 2.75. The lowest BCUT2D eigenvalue weighted by Crippen LogP contribution is -2.31. The Balaban J connectivity index is 2.10. The van der Waals surface area contributed by atoms with Crippen LogP contribution in [0.2, 0.25) is 5.02 Å². The number of amides is 2. The van der Waals surface area contributed by atoms with Gasteiger partial charge >= 0.3 is 0 Å². The van der Waals surface area contributed by atoms with E-state index in [1.54, 1.807) is 30.3 Å². The first kappa shape index (κ1) is 24.0. The predicted molar refractivity (Wildman–Crippen MR) is 117 cm³/mol. The molecule has 2 rings (SSSR count). The highest BCUT2D eigenvalue weighted by Gasteiger charge is 2.13. The summed E-state index contributed by atoms with van der Waals surface area (Å²) in [5.74, 6) is -0.0347. The molecule has 0 saturated carbocycles. The summed E-state index contributed by atoms with van der Waals surface area (Å²) in [6.07, 6.45) is 0. The molecule has 0 spiro atoms. The van der Waals surface area contributed by atoms with E-state index in [1.807, 2.05) is 0 Å². The van der Waals surface area contributed by atoms with Crippen molar-refractivity contribution >= 4 is 29.3 Å². The van der Waals surface area contributed by atoms with Gasteiger partial charge in [0.1, 0.15) is 17.3 Å². The molecule has 0 heterocycles. The summed E-state index contributed by atoms with van der Waals surface area (Å²) in [6.45, 7) is 0.624. The summed E-state index contributed by atoms with van der Waals surface area (Å²) >= 11 is 6.02. The lowest BCUT2D eigenvalue weighted by Gasteiger charge is -2.14. The second-order valence-electron chi connectivity index (χ2n) is 6.43. The van der Waals surface area contributed by atoms with Crippen molar-refractivity contribution in [2.75, 3.05) is 34.0 Å². The number of nitrogen functional groups attached to an aromatic ring is 1. The first-order chi connectivity index (χ1) is 14.8. The van der Waals surface area contributed by atoms with Crippen LogP contribution in [0.1, 0.15) is 21.5 Å². The van der Waals surface area contributed by atoms with Crippen LogP contribution in [0.3, 0.4) is 0 Å². The van der Waals surface area contributed by atoms with Gasteiger partial charge in [0.2, 0.25) is 0 Å². The van der Waals surface area contributed by atoms with Crippen LogP contribution in [0, 0.1) is 5.41 Å². The summed E-state index contributed by atoms with van der Waals surface area (Å²) < 4.78 is 15.6. The summed E-state index contributed by atoms with van der Waals surface area (Å²) in [5, 5.41) is 13.4. The van der Waals surface area contributed by atoms with Crippen LogP contribution >= 0.6 is 11.6 Å². The zero-order valence-corrected chi connectivity index (χ0v) is 18.0. The van der Waals surface area contributed by atoms with Crippen LogP contribution in [-0.4, -0.2) is 51.6 Å². The Kier molecular flexibility index (Phi) is 9.11. The lowest BCUT2D eigenvalue weighted by molar-refractivity contribution is -0.123. The molecule has 2 aromatic carbocycles. The normalized spacial score (nSPS) is 10.3. The Morgan fingerprint density at radius 1 is 1.10 bits per heavy atom. The van der Waals surface area contributed by atoms with E-state index < -0.39 is 0 Å². The largest absolute Gasteiger partial charge is 0.497 e. The fourth-order valence-corrected chi connectivity index (χ4v) is 2.80. The molecule has 0 aliphatic carbocycles. The Morgan fingerprint density at radius 2 is 1.87 bits per heavy atom. The second kappa shape index (κ2) is 11.8. The van der Waals surface area contributed by atoms with Gasteiger partial charge in [-0.25, -0.2) is 0 Å². The van der Waals surface area contributed by atoms with Gasteiger partial charge in [-0.15, -0.1) is 0 Å². The number of carbonyl (C=O) groups is 2. The van der Waals surface area contributed by atoms with Crippen LogP contribution in [0.5, 0.6) is 11.5 Å². The number of halogens is 1. The van der Waals surface area contributed by atoms with Crippen molar-refractivity contribution in [3.8, 4) is 11.5 Å². The van der Waals surface area contributed by atoms with Crippen molar-refractivity contribution in [2.45, 2.75) is 6.54 Å². The molecule has 0 bridgehead atoms. The summed E-state index contributed by atoms with van der Waals surface area (Å²) in [6, 6.07) is 9.56. The molecular weight excluding hydrogens is 424 g/mol. The van der Waals surface area contributed by atoms with Crippen molar-refractivity contribution in [2.24, 2.45) is 5.73 Å². The fraction of sp³-hybridized carbons (Fsp3) is 0.286. The van der Waals surface area contributed by atoms with Gasteiger partial charge in [-0.1, -0.05) is 23.7 Å². The van der Waals surface area contributed by atoms with E-state index in [1.165, 1.54) is 20.3 Å². The number of hydrogen-bond acceptors (Lipinski definition) is 6. The van der Waals surface area contributed by atoms with Gasteiger partial charge in [0, 0.05) is 41.9 Å². The van der Waals surface area contributed by atoms with E-state index in [0.29, 0.717) is 46.4 Å². The fourth-order valence-electron chi connectivity index (χ4n) is 2.58. The zero-order valence-electron chi connectivity index (χ0n) is 17.3. The molecule has 10 heteroatoms. The molecule has 31 heavy (non-hydrogen) atoms. The summed E-state index contributed by atoms with van der Waals surface area (Å²) in [4.78, 5) is 24.5. The molecule has 0 aliphatic heterocycles.